The molecule has 1 aromatic carbocycles. The van der Waals surface area contributed by atoms with Gasteiger partial charge >= 0.3 is 5.97 Å². The van der Waals surface area contributed by atoms with Crippen LogP contribution in [0.15, 0.2) is 23.1 Å². The monoisotopic (exact) mass is 332 g/mol. The maximum Gasteiger partial charge on any atom is 0.322 e. The van der Waals surface area contributed by atoms with Gasteiger partial charge in [-0.25, -0.2) is 8.42 Å². The molecule has 1 atom stereocenters. The lowest BCUT2D eigenvalue weighted by molar-refractivity contribution is -0.385. The van der Waals surface area contributed by atoms with Gasteiger partial charge in [0.2, 0.25) is 10.0 Å². The maximum absolute atomic E-state index is 12.6. The number of nitrogens with zero attached hydrogens (tertiary/aromatic N) is 2. The minimum Gasteiger partial charge on any atom is -0.480 e. The van der Waals surface area contributed by atoms with Crippen LogP contribution in [0.25, 0.3) is 0 Å². The van der Waals surface area contributed by atoms with Crippen molar-refractivity contribution in [3.8, 4) is 0 Å². The van der Waals surface area contributed by atoms with Gasteiger partial charge in [0.1, 0.15) is 6.04 Å². The summed E-state index contributed by atoms with van der Waals surface area (Å²) >= 11 is 1.19. The lowest BCUT2D eigenvalue weighted by atomic mass is 10.2. The third-order valence-electron chi connectivity index (χ3n) is 3.10. The first kappa shape index (κ1) is 15.7. The van der Waals surface area contributed by atoms with E-state index in [1.54, 1.807) is 0 Å². The second-order valence-electron chi connectivity index (χ2n) is 4.45. The number of rotatable bonds is 4. The molecule has 0 aliphatic carbocycles. The highest BCUT2D eigenvalue weighted by atomic mass is 32.2. The molecular weight excluding hydrogens is 320 g/mol. The number of carbonyl (C=O) groups is 1. The number of carboxylic acid groups (broad SMARTS) is 1. The van der Waals surface area contributed by atoms with Gasteiger partial charge in [-0.15, -0.1) is 11.8 Å². The first-order valence-electron chi connectivity index (χ1n) is 5.82. The molecular formula is C11H12N2O6S2. The van der Waals surface area contributed by atoms with Crippen LogP contribution >= 0.6 is 11.8 Å². The predicted octanol–water partition coefficient (Wildman–Crippen LogP) is 1.05. The van der Waals surface area contributed by atoms with E-state index in [-0.39, 0.29) is 22.2 Å². The zero-order chi connectivity index (χ0) is 15.8. The molecule has 0 spiro atoms. The van der Waals surface area contributed by atoms with Gasteiger partial charge in [-0.2, -0.15) is 4.31 Å². The predicted molar refractivity (Wildman–Crippen MR) is 75.6 cm³/mol. The summed E-state index contributed by atoms with van der Waals surface area (Å²) in [6, 6.07) is 2.36. The van der Waals surface area contributed by atoms with E-state index in [1.165, 1.54) is 30.8 Å². The molecule has 2 rings (SSSR count). The Balaban J connectivity index is 2.51. The molecule has 0 bridgehead atoms. The first-order valence-corrected chi connectivity index (χ1v) is 8.42. The van der Waals surface area contributed by atoms with Crippen LogP contribution in [0.3, 0.4) is 0 Å². The quantitative estimate of drug-likeness (QED) is 0.646. The van der Waals surface area contributed by atoms with Crippen molar-refractivity contribution in [1.29, 1.82) is 0 Å². The van der Waals surface area contributed by atoms with Crippen LogP contribution in [-0.4, -0.2) is 46.4 Å². The number of aliphatic carboxylic acids is 1. The summed E-state index contributed by atoms with van der Waals surface area (Å²) in [5.74, 6) is -1.06. The molecule has 1 aliphatic rings. The Labute approximate surface area is 125 Å². The first-order chi connectivity index (χ1) is 9.75. The van der Waals surface area contributed by atoms with Gasteiger partial charge in [0, 0.05) is 17.9 Å². The molecule has 1 aliphatic heterocycles. The molecule has 0 unspecified atom stereocenters. The van der Waals surface area contributed by atoms with Crippen LogP contribution in [0, 0.1) is 17.0 Å². The third-order valence-corrected chi connectivity index (χ3v) is 6.27. The Morgan fingerprint density at radius 3 is 2.76 bits per heavy atom. The molecule has 8 nitrogen and oxygen atoms in total. The number of hydrogen-bond donors (Lipinski definition) is 1. The van der Waals surface area contributed by atoms with Crippen molar-refractivity contribution in [2.75, 3.05) is 11.6 Å². The topological polar surface area (TPSA) is 118 Å². The Hall–Kier alpha value is -1.65. The summed E-state index contributed by atoms with van der Waals surface area (Å²) in [4.78, 5) is 21.0. The average Bonchev–Trinajstić information content (AvgIpc) is 2.88. The highest BCUT2D eigenvalue weighted by Crippen LogP contribution is 2.31. The molecule has 1 aromatic rings. The summed E-state index contributed by atoms with van der Waals surface area (Å²) in [6.45, 7) is 1.51. The van der Waals surface area contributed by atoms with Crippen LogP contribution in [-0.2, 0) is 14.8 Å². The fraction of sp³-hybridized carbons (Fsp3) is 0.364. The lowest BCUT2D eigenvalue weighted by Gasteiger charge is -2.20. The van der Waals surface area contributed by atoms with E-state index in [2.05, 4.69) is 0 Å². The van der Waals surface area contributed by atoms with Gasteiger partial charge in [-0.1, -0.05) is 6.07 Å². The van der Waals surface area contributed by atoms with Crippen molar-refractivity contribution in [2.24, 2.45) is 0 Å². The van der Waals surface area contributed by atoms with Crippen LogP contribution in [0.1, 0.15) is 5.56 Å². The second kappa shape index (κ2) is 5.62. The van der Waals surface area contributed by atoms with Crippen molar-refractivity contribution in [1.82, 2.24) is 4.31 Å². The van der Waals surface area contributed by atoms with Crippen LogP contribution in [0.5, 0.6) is 0 Å². The van der Waals surface area contributed by atoms with Crippen molar-refractivity contribution >= 4 is 33.4 Å². The summed E-state index contributed by atoms with van der Waals surface area (Å²) < 4.78 is 26.0. The van der Waals surface area contributed by atoms with Gasteiger partial charge in [0.15, 0.2) is 0 Å². The van der Waals surface area contributed by atoms with E-state index < -0.39 is 27.0 Å². The molecule has 0 radical (unpaired) electrons. The molecule has 1 fully saturated rings. The molecule has 0 aromatic heterocycles. The fourth-order valence-corrected chi connectivity index (χ4v) is 5.35. The second-order valence-corrected chi connectivity index (χ2v) is 7.31. The highest BCUT2D eigenvalue weighted by Gasteiger charge is 2.41. The van der Waals surface area contributed by atoms with Crippen molar-refractivity contribution in [3.05, 3.63) is 33.9 Å². The van der Waals surface area contributed by atoms with Gasteiger partial charge in [0.05, 0.1) is 15.7 Å². The number of carboxylic acids is 1. The Morgan fingerprint density at radius 1 is 1.52 bits per heavy atom. The number of nitro benzene ring substituents is 1. The Bertz CT molecular complexity index is 703. The molecule has 0 amide bonds. The van der Waals surface area contributed by atoms with E-state index in [9.17, 15) is 23.3 Å². The molecule has 21 heavy (non-hydrogen) atoms. The van der Waals surface area contributed by atoms with Gasteiger partial charge in [-0.05, 0) is 12.5 Å². The van der Waals surface area contributed by atoms with Gasteiger partial charge in [-0.3, -0.25) is 14.9 Å². The minimum atomic E-state index is -4.09. The summed E-state index contributed by atoms with van der Waals surface area (Å²) in [5.41, 5.74) is -0.0143. The van der Waals surface area contributed by atoms with Crippen LogP contribution < -0.4 is 0 Å². The Morgan fingerprint density at radius 2 is 2.19 bits per heavy atom. The van der Waals surface area contributed by atoms with Crippen molar-refractivity contribution in [3.63, 3.8) is 0 Å². The van der Waals surface area contributed by atoms with Crippen LogP contribution in [0.4, 0.5) is 5.69 Å². The number of benzene rings is 1. The summed E-state index contributed by atoms with van der Waals surface area (Å²) in [6.07, 6.45) is 0. The zero-order valence-electron chi connectivity index (χ0n) is 10.9. The number of nitro groups is 1. The summed E-state index contributed by atoms with van der Waals surface area (Å²) in [5, 5.41) is 19.9. The Kier molecular flexibility index (Phi) is 4.21. The molecule has 1 N–H and O–H groups in total. The van der Waals surface area contributed by atoms with E-state index >= 15 is 0 Å². The molecule has 0 saturated carbocycles. The van der Waals surface area contributed by atoms with Gasteiger partial charge < -0.3 is 5.11 Å². The average molecular weight is 332 g/mol. The van der Waals surface area contributed by atoms with E-state index in [1.807, 2.05) is 0 Å². The fourth-order valence-electron chi connectivity index (χ4n) is 1.97. The van der Waals surface area contributed by atoms with Crippen molar-refractivity contribution in [2.45, 2.75) is 17.9 Å². The molecule has 1 saturated heterocycles. The van der Waals surface area contributed by atoms with E-state index in [4.69, 9.17) is 5.11 Å². The van der Waals surface area contributed by atoms with Crippen molar-refractivity contribution < 1.29 is 23.2 Å². The minimum absolute atomic E-state index is 0.0153. The SMILES string of the molecule is Cc1ccc([N+](=O)[O-])cc1S(=O)(=O)N1CSC[C@H]1C(=O)O. The number of hydrogen-bond acceptors (Lipinski definition) is 6. The number of sulfonamides is 1. The van der Waals surface area contributed by atoms with Crippen LogP contribution in [0.2, 0.25) is 0 Å². The van der Waals surface area contributed by atoms with E-state index in [0.717, 1.165) is 10.4 Å². The zero-order valence-corrected chi connectivity index (χ0v) is 12.6. The number of non-ortho nitro benzene ring substituents is 1. The number of aryl methyl sites for hydroxylation is 1. The van der Waals surface area contributed by atoms with Gasteiger partial charge in [0.25, 0.3) is 5.69 Å². The number of thioether (sulfide) groups is 1. The van der Waals surface area contributed by atoms with E-state index in [0.29, 0.717) is 5.56 Å². The molecule has 114 valence electrons. The molecule has 1 heterocycles. The standard InChI is InChI=1S/C11H12N2O6S2/c1-7-2-3-8(13(16)17)4-10(7)21(18,19)12-6-20-5-9(12)11(14)15/h2-4,9H,5-6H2,1H3,(H,14,15)/t9-/m0/s1. The smallest absolute Gasteiger partial charge is 0.322 e. The third kappa shape index (κ3) is 2.87. The maximum atomic E-state index is 12.6. The normalized spacial score (nSPS) is 19.6. The largest absolute Gasteiger partial charge is 0.480 e. The lowest BCUT2D eigenvalue weighted by Crippen LogP contribution is -2.41. The highest BCUT2D eigenvalue weighted by molar-refractivity contribution is 8.00. The molecule has 10 heteroatoms. The summed E-state index contributed by atoms with van der Waals surface area (Å²) in [7, 11) is -4.09.